The van der Waals surface area contributed by atoms with Crippen molar-refractivity contribution in [3.8, 4) is 0 Å². The summed E-state index contributed by atoms with van der Waals surface area (Å²) in [7, 11) is -3.50. The molecule has 37 heavy (non-hydrogen) atoms. The Labute approximate surface area is 228 Å². The summed E-state index contributed by atoms with van der Waals surface area (Å²) < 4.78 is 28.1. The molecular formula is C31H39ClN2O2S. The van der Waals surface area contributed by atoms with Gasteiger partial charge in [0.2, 0.25) is 10.0 Å². The van der Waals surface area contributed by atoms with Gasteiger partial charge in [0.05, 0.1) is 4.90 Å². The van der Waals surface area contributed by atoms with Crippen LogP contribution in [-0.4, -0.2) is 39.5 Å². The highest BCUT2D eigenvalue weighted by Gasteiger charge is 2.21. The van der Waals surface area contributed by atoms with Crippen molar-refractivity contribution >= 4 is 21.6 Å². The lowest BCUT2D eigenvalue weighted by molar-refractivity contribution is 0.172. The zero-order chi connectivity index (χ0) is 25.9. The van der Waals surface area contributed by atoms with Crippen LogP contribution in [0.1, 0.15) is 55.6 Å². The molecule has 1 aliphatic heterocycles. The van der Waals surface area contributed by atoms with Crippen LogP contribution in [0.15, 0.2) is 89.8 Å². The van der Waals surface area contributed by atoms with Gasteiger partial charge in [0.15, 0.2) is 0 Å². The normalized spacial score (nSPS) is 16.0. The zero-order valence-corrected chi connectivity index (χ0v) is 23.1. The molecule has 4 rings (SSSR count). The smallest absolute Gasteiger partial charge is 0.240 e. The fourth-order valence-electron chi connectivity index (χ4n) is 5.37. The second kappa shape index (κ2) is 14.1. The lowest BCUT2D eigenvalue weighted by Gasteiger charge is -2.33. The molecule has 1 atom stereocenters. The molecule has 3 aromatic rings. The van der Waals surface area contributed by atoms with E-state index in [0.717, 1.165) is 43.4 Å². The van der Waals surface area contributed by atoms with E-state index in [-0.39, 0.29) is 5.92 Å². The van der Waals surface area contributed by atoms with Crippen molar-refractivity contribution in [2.45, 2.75) is 55.8 Å². The Bertz CT molecular complexity index is 1180. The minimum Gasteiger partial charge on any atom is -0.303 e. The predicted molar refractivity (Wildman–Crippen MR) is 154 cm³/mol. The van der Waals surface area contributed by atoms with Crippen LogP contribution in [0.5, 0.6) is 0 Å². The molecule has 0 amide bonds. The third-order valence-electron chi connectivity index (χ3n) is 7.58. The number of nitrogens with one attached hydrogen (secondary N) is 1. The van der Waals surface area contributed by atoms with Gasteiger partial charge in [0.25, 0.3) is 0 Å². The largest absolute Gasteiger partial charge is 0.303 e. The molecule has 4 nitrogen and oxygen atoms in total. The molecule has 1 fully saturated rings. The van der Waals surface area contributed by atoms with Gasteiger partial charge >= 0.3 is 0 Å². The highest BCUT2D eigenvalue weighted by atomic mass is 35.5. The molecule has 3 aromatic carbocycles. The minimum absolute atomic E-state index is 0.251. The minimum atomic E-state index is -3.50. The number of likely N-dealkylation sites (tertiary alicyclic amines) is 1. The molecule has 0 radical (unpaired) electrons. The van der Waals surface area contributed by atoms with Gasteiger partial charge in [0.1, 0.15) is 0 Å². The topological polar surface area (TPSA) is 49.4 Å². The molecule has 0 aliphatic carbocycles. The van der Waals surface area contributed by atoms with Gasteiger partial charge in [-0.25, -0.2) is 13.1 Å². The van der Waals surface area contributed by atoms with Crippen molar-refractivity contribution in [2.75, 3.05) is 26.2 Å². The fraction of sp³-hybridized carbons (Fsp3) is 0.419. The number of hydrogen-bond donors (Lipinski definition) is 1. The number of benzene rings is 3. The molecule has 1 aliphatic rings. The van der Waals surface area contributed by atoms with Crippen LogP contribution in [0, 0.1) is 5.92 Å². The van der Waals surface area contributed by atoms with Gasteiger partial charge in [-0.3, -0.25) is 0 Å². The Morgan fingerprint density at radius 2 is 1.59 bits per heavy atom. The second-order valence-electron chi connectivity index (χ2n) is 10.2. The molecule has 0 aromatic heterocycles. The maximum Gasteiger partial charge on any atom is 0.240 e. The van der Waals surface area contributed by atoms with E-state index in [1.54, 1.807) is 24.3 Å². The van der Waals surface area contributed by atoms with Gasteiger partial charge in [0, 0.05) is 11.6 Å². The number of sulfonamides is 1. The van der Waals surface area contributed by atoms with Crippen LogP contribution in [-0.2, 0) is 16.4 Å². The molecule has 0 saturated carbocycles. The summed E-state index contributed by atoms with van der Waals surface area (Å²) in [5.74, 6) is 1.08. The van der Waals surface area contributed by atoms with Crippen LogP contribution in [0.3, 0.4) is 0 Å². The molecule has 0 bridgehead atoms. The molecule has 1 unspecified atom stereocenters. The number of hydrogen-bond acceptors (Lipinski definition) is 3. The Morgan fingerprint density at radius 1 is 0.892 bits per heavy atom. The highest BCUT2D eigenvalue weighted by molar-refractivity contribution is 7.89. The van der Waals surface area contributed by atoms with E-state index < -0.39 is 10.0 Å². The molecule has 198 valence electrons. The van der Waals surface area contributed by atoms with E-state index >= 15 is 0 Å². The first-order valence-electron chi connectivity index (χ1n) is 13.6. The summed E-state index contributed by atoms with van der Waals surface area (Å²) in [5.41, 5.74) is 2.63. The number of piperidine rings is 1. The Morgan fingerprint density at radius 3 is 2.30 bits per heavy atom. The highest BCUT2D eigenvalue weighted by Crippen LogP contribution is 2.28. The van der Waals surface area contributed by atoms with Crippen molar-refractivity contribution in [1.29, 1.82) is 0 Å². The summed E-state index contributed by atoms with van der Waals surface area (Å²) >= 11 is 6.30. The number of rotatable bonds is 13. The molecule has 1 N–H and O–H groups in total. The van der Waals surface area contributed by atoms with Crippen molar-refractivity contribution in [1.82, 2.24) is 9.62 Å². The average Bonchev–Trinajstić information content (AvgIpc) is 2.92. The summed E-state index contributed by atoms with van der Waals surface area (Å²) in [6.45, 7) is 3.73. The first-order valence-corrected chi connectivity index (χ1v) is 15.4. The van der Waals surface area contributed by atoms with Crippen LogP contribution in [0.25, 0.3) is 0 Å². The molecule has 0 spiro atoms. The van der Waals surface area contributed by atoms with Crippen LogP contribution < -0.4 is 4.72 Å². The predicted octanol–water partition coefficient (Wildman–Crippen LogP) is 6.92. The van der Waals surface area contributed by atoms with Crippen molar-refractivity contribution in [3.63, 3.8) is 0 Å². The van der Waals surface area contributed by atoms with Crippen molar-refractivity contribution < 1.29 is 8.42 Å². The maximum absolute atomic E-state index is 12.7. The first-order chi connectivity index (χ1) is 18.0. The van der Waals surface area contributed by atoms with Gasteiger partial charge in [-0.15, -0.1) is 0 Å². The van der Waals surface area contributed by atoms with Crippen LogP contribution >= 0.6 is 11.6 Å². The Kier molecular flexibility index (Phi) is 10.6. The monoisotopic (exact) mass is 538 g/mol. The van der Waals surface area contributed by atoms with Gasteiger partial charge in [-0.1, -0.05) is 78.7 Å². The maximum atomic E-state index is 12.7. The second-order valence-corrected chi connectivity index (χ2v) is 12.4. The fourth-order valence-corrected chi connectivity index (χ4v) is 6.63. The van der Waals surface area contributed by atoms with E-state index in [4.69, 9.17) is 11.6 Å². The average molecular weight is 539 g/mol. The summed E-state index contributed by atoms with van der Waals surface area (Å²) in [5, 5.41) is 0.726. The Hall–Kier alpha value is -2.18. The van der Waals surface area contributed by atoms with Gasteiger partial charge in [-0.05, 0) is 105 Å². The SMILES string of the molecule is O=S(=O)(NCCC(CCN1CCC(CCCc2ccccc2)CC1)c1cccc(Cl)c1)c1ccccc1. The molecule has 6 heteroatoms. The lowest BCUT2D eigenvalue weighted by atomic mass is 9.89. The van der Waals surface area contributed by atoms with Crippen LogP contribution in [0.4, 0.5) is 0 Å². The van der Waals surface area contributed by atoms with E-state index in [1.807, 2.05) is 24.3 Å². The molecule has 1 saturated heterocycles. The number of aryl methyl sites for hydroxylation is 1. The third kappa shape index (κ3) is 8.96. The lowest BCUT2D eigenvalue weighted by Crippen LogP contribution is -2.35. The van der Waals surface area contributed by atoms with E-state index in [2.05, 4.69) is 46.0 Å². The summed E-state index contributed by atoms with van der Waals surface area (Å²) in [4.78, 5) is 2.89. The standard InChI is InChI=1S/C31H39ClN2O2S/c32-30-14-8-13-29(25-30)28(17-21-33-37(35,36)31-15-5-2-6-16-31)20-24-34-22-18-27(19-23-34)12-7-11-26-9-3-1-4-10-26/h1-6,8-10,13-16,25,27-28,33H,7,11-12,17-24H2. The number of nitrogens with zero attached hydrogens (tertiary/aromatic N) is 1. The van der Waals surface area contributed by atoms with Crippen LogP contribution in [0.2, 0.25) is 5.02 Å². The van der Waals surface area contributed by atoms with E-state index in [0.29, 0.717) is 11.4 Å². The van der Waals surface area contributed by atoms with Gasteiger partial charge < -0.3 is 4.90 Å². The Balaban J connectivity index is 1.24. The number of halogens is 1. The van der Waals surface area contributed by atoms with Crippen molar-refractivity contribution in [2.24, 2.45) is 5.92 Å². The van der Waals surface area contributed by atoms with E-state index in [9.17, 15) is 8.42 Å². The molecule has 1 heterocycles. The third-order valence-corrected chi connectivity index (χ3v) is 9.29. The zero-order valence-electron chi connectivity index (χ0n) is 21.6. The first kappa shape index (κ1) is 27.8. The summed E-state index contributed by atoms with van der Waals surface area (Å²) in [6.07, 6.45) is 8.03. The quantitative estimate of drug-likeness (QED) is 0.257. The van der Waals surface area contributed by atoms with Crippen molar-refractivity contribution in [3.05, 3.63) is 101 Å². The molecular weight excluding hydrogens is 500 g/mol. The van der Waals surface area contributed by atoms with E-state index in [1.165, 1.54) is 43.2 Å². The summed E-state index contributed by atoms with van der Waals surface area (Å²) in [6, 6.07) is 27.4. The van der Waals surface area contributed by atoms with Gasteiger partial charge in [-0.2, -0.15) is 0 Å².